The van der Waals surface area contributed by atoms with Crippen molar-refractivity contribution in [2.45, 2.75) is 64.5 Å². The van der Waals surface area contributed by atoms with Crippen LogP contribution in [0.15, 0.2) is 0 Å². The summed E-state index contributed by atoms with van der Waals surface area (Å²) in [5.74, 6) is 0.184. The summed E-state index contributed by atoms with van der Waals surface area (Å²) >= 11 is 0. The van der Waals surface area contributed by atoms with Crippen molar-refractivity contribution in [3.8, 4) is 0 Å². The Labute approximate surface area is 111 Å². The molecule has 0 radical (unpaired) electrons. The summed E-state index contributed by atoms with van der Waals surface area (Å²) in [4.78, 5) is 14.1. The molecule has 4 heteroatoms. The third-order valence-corrected chi connectivity index (χ3v) is 3.57. The molecule has 0 spiro atoms. The molecule has 0 unspecified atom stereocenters. The molecular formula is C14H28N2O2. The fourth-order valence-corrected chi connectivity index (χ4v) is 2.62. The van der Waals surface area contributed by atoms with Gasteiger partial charge in [-0.25, -0.2) is 0 Å². The predicted molar refractivity (Wildman–Crippen MR) is 73.4 cm³/mol. The third-order valence-electron chi connectivity index (χ3n) is 3.57. The summed E-state index contributed by atoms with van der Waals surface area (Å²) in [6.45, 7) is 5.45. The molecule has 0 atom stereocenters. The molecule has 1 fully saturated rings. The van der Waals surface area contributed by atoms with Crippen LogP contribution in [0.2, 0.25) is 0 Å². The summed E-state index contributed by atoms with van der Waals surface area (Å²) < 4.78 is 0. The van der Waals surface area contributed by atoms with E-state index in [-0.39, 0.29) is 12.5 Å². The molecule has 18 heavy (non-hydrogen) atoms. The van der Waals surface area contributed by atoms with Crippen molar-refractivity contribution < 1.29 is 9.90 Å². The minimum atomic E-state index is 0.0693. The number of nitrogens with one attached hydrogen (secondary N) is 1. The second-order valence-corrected chi connectivity index (χ2v) is 5.46. The number of rotatable bonds is 7. The van der Waals surface area contributed by atoms with E-state index in [0.29, 0.717) is 25.0 Å². The molecule has 0 aromatic heterocycles. The molecule has 0 aromatic carbocycles. The van der Waals surface area contributed by atoms with Crippen LogP contribution < -0.4 is 5.32 Å². The fraction of sp³-hybridized carbons (Fsp3) is 0.929. The SMILES string of the molecule is CC(C)NCCC(=O)N(CCO)C1CCCCC1. The van der Waals surface area contributed by atoms with Gasteiger partial charge in [0, 0.05) is 31.6 Å². The molecule has 0 aromatic rings. The molecule has 1 saturated carbocycles. The lowest BCUT2D eigenvalue weighted by Crippen LogP contribution is -2.44. The lowest BCUT2D eigenvalue weighted by atomic mass is 9.94. The molecule has 1 amide bonds. The van der Waals surface area contributed by atoms with Crippen molar-refractivity contribution >= 4 is 5.91 Å². The average Bonchev–Trinajstić information content (AvgIpc) is 2.36. The van der Waals surface area contributed by atoms with Gasteiger partial charge in [-0.2, -0.15) is 0 Å². The van der Waals surface area contributed by atoms with Crippen molar-refractivity contribution in [1.82, 2.24) is 10.2 Å². The van der Waals surface area contributed by atoms with E-state index in [9.17, 15) is 4.79 Å². The van der Waals surface area contributed by atoms with Crippen LogP contribution in [0.3, 0.4) is 0 Å². The van der Waals surface area contributed by atoms with Gasteiger partial charge in [0.2, 0.25) is 5.91 Å². The zero-order valence-corrected chi connectivity index (χ0v) is 11.8. The highest BCUT2D eigenvalue weighted by Gasteiger charge is 2.24. The van der Waals surface area contributed by atoms with Crippen LogP contribution >= 0.6 is 0 Å². The largest absolute Gasteiger partial charge is 0.395 e. The van der Waals surface area contributed by atoms with Crippen LogP contribution in [0.25, 0.3) is 0 Å². The Balaban J connectivity index is 2.41. The number of carbonyl (C=O) groups excluding carboxylic acids is 1. The molecule has 2 N–H and O–H groups in total. The number of nitrogens with zero attached hydrogens (tertiary/aromatic N) is 1. The quantitative estimate of drug-likeness (QED) is 0.726. The Morgan fingerprint density at radius 3 is 2.56 bits per heavy atom. The minimum absolute atomic E-state index is 0.0693. The average molecular weight is 256 g/mol. The van der Waals surface area contributed by atoms with Crippen molar-refractivity contribution in [3.05, 3.63) is 0 Å². The molecule has 0 aliphatic heterocycles. The number of hydrogen-bond acceptors (Lipinski definition) is 3. The lowest BCUT2D eigenvalue weighted by molar-refractivity contribution is -0.134. The van der Waals surface area contributed by atoms with Crippen molar-refractivity contribution in [1.29, 1.82) is 0 Å². The monoisotopic (exact) mass is 256 g/mol. The predicted octanol–water partition coefficient (Wildman–Crippen LogP) is 1.53. The van der Waals surface area contributed by atoms with Gasteiger partial charge in [0.05, 0.1) is 6.61 Å². The number of aliphatic hydroxyl groups is 1. The maximum absolute atomic E-state index is 12.2. The van der Waals surface area contributed by atoms with Crippen molar-refractivity contribution in [2.24, 2.45) is 0 Å². The highest BCUT2D eigenvalue weighted by atomic mass is 16.3. The van der Waals surface area contributed by atoms with E-state index in [1.54, 1.807) is 0 Å². The first-order chi connectivity index (χ1) is 8.65. The summed E-state index contributed by atoms with van der Waals surface area (Å²) in [6, 6.07) is 0.774. The molecule has 4 nitrogen and oxygen atoms in total. The highest BCUT2D eigenvalue weighted by molar-refractivity contribution is 5.76. The Morgan fingerprint density at radius 2 is 2.00 bits per heavy atom. The second-order valence-electron chi connectivity index (χ2n) is 5.46. The Kier molecular flexibility index (Phi) is 7.28. The Hall–Kier alpha value is -0.610. The minimum Gasteiger partial charge on any atom is -0.395 e. The summed E-state index contributed by atoms with van der Waals surface area (Å²) in [5, 5.41) is 12.4. The molecule has 0 saturated heterocycles. The maximum atomic E-state index is 12.2. The van der Waals surface area contributed by atoms with E-state index in [0.717, 1.165) is 19.4 Å². The second kappa shape index (κ2) is 8.48. The number of hydrogen-bond donors (Lipinski definition) is 2. The van der Waals surface area contributed by atoms with E-state index in [2.05, 4.69) is 19.2 Å². The van der Waals surface area contributed by atoms with Crippen LogP contribution in [-0.2, 0) is 4.79 Å². The van der Waals surface area contributed by atoms with Crippen molar-refractivity contribution in [2.75, 3.05) is 19.7 Å². The van der Waals surface area contributed by atoms with Crippen LogP contribution in [-0.4, -0.2) is 47.7 Å². The molecule has 1 aliphatic carbocycles. The topological polar surface area (TPSA) is 52.6 Å². The van der Waals surface area contributed by atoms with E-state index >= 15 is 0 Å². The van der Waals surface area contributed by atoms with Gasteiger partial charge >= 0.3 is 0 Å². The first-order valence-corrected chi connectivity index (χ1v) is 7.29. The molecule has 1 rings (SSSR count). The third kappa shape index (κ3) is 5.36. The maximum Gasteiger partial charge on any atom is 0.224 e. The van der Waals surface area contributed by atoms with Gasteiger partial charge in [-0.3, -0.25) is 4.79 Å². The lowest BCUT2D eigenvalue weighted by Gasteiger charge is -2.34. The van der Waals surface area contributed by atoms with Gasteiger partial charge in [0.25, 0.3) is 0 Å². The van der Waals surface area contributed by atoms with Gasteiger partial charge in [0.1, 0.15) is 0 Å². The van der Waals surface area contributed by atoms with E-state index < -0.39 is 0 Å². The summed E-state index contributed by atoms with van der Waals surface area (Å²) in [5.41, 5.74) is 0. The van der Waals surface area contributed by atoms with Crippen LogP contribution in [0.5, 0.6) is 0 Å². The summed E-state index contributed by atoms with van der Waals surface area (Å²) in [6.07, 6.45) is 6.45. The number of carbonyl (C=O) groups is 1. The van der Waals surface area contributed by atoms with Crippen LogP contribution in [0, 0.1) is 0 Å². The van der Waals surface area contributed by atoms with Crippen LogP contribution in [0.4, 0.5) is 0 Å². The smallest absolute Gasteiger partial charge is 0.224 e. The van der Waals surface area contributed by atoms with Gasteiger partial charge in [-0.05, 0) is 12.8 Å². The fourth-order valence-electron chi connectivity index (χ4n) is 2.62. The van der Waals surface area contributed by atoms with Gasteiger partial charge in [0.15, 0.2) is 0 Å². The van der Waals surface area contributed by atoms with Gasteiger partial charge in [-0.1, -0.05) is 33.1 Å². The van der Waals surface area contributed by atoms with E-state index in [1.807, 2.05) is 4.90 Å². The molecule has 1 aliphatic rings. The first kappa shape index (κ1) is 15.4. The molecular weight excluding hydrogens is 228 g/mol. The molecule has 106 valence electrons. The van der Waals surface area contributed by atoms with Gasteiger partial charge in [-0.15, -0.1) is 0 Å². The zero-order valence-electron chi connectivity index (χ0n) is 11.8. The van der Waals surface area contributed by atoms with Crippen LogP contribution in [0.1, 0.15) is 52.4 Å². The first-order valence-electron chi connectivity index (χ1n) is 7.29. The molecule has 0 bridgehead atoms. The summed E-state index contributed by atoms with van der Waals surface area (Å²) in [7, 11) is 0. The van der Waals surface area contributed by atoms with Crippen molar-refractivity contribution in [3.63, 3.8) is 0 Å². The highest BCUT2D eigenvalue weighted by Crippen LogP contribution is 2.22. The molecule has 0 heterocycles. The normalized spacial score (nSPS) is 17.1. The Morgan fingerprint density at radius 1 is 1.33 bits per heavy atom. The van der Waals surface area contributed by atoms with E-state index in [4.69, 9.17) is 5.11 Å². The number of amides is 1. The Bertz CT molecular complexity index is 238. The standard InChI is InChI=1S/C14H28N2O2/c1-12(2)15-9-8-14(18)16(10-11-17)13-6-4-3-5-7-13/h12-13,15,17H,3-11H2,1-2H3. The van der Waals surface area contributed by atoms with Gasteiger partial charge < -0.3 is 15.3 Å². The zero-order chi connectivity index (χ0) is 13.4. The number of aliphatic hydroxyl groups excluding tert-OH is 1. The van der Waals surface area contributed by atoms with E-state index in [1.165, 1.54) is 19.3 Å².